The molecule has 1 N–H and O–H groups in total. The van der Waals surface area contributed by atoms with Crippen molar-refractivity contribution in [1.82, 2.24) is 4.90 Å². The Hall–Kier alpha value is -0.0800. The number of hydrogen-bond donors (Lipinski definition) is 1. The van der Waals surface area contributed by atoms with Crippen LogP contribution in [0, 0.1) is 5.92 Å². The monoisotopic (exact) mass is 199 g/mol. The van der Waals surface area contributed by atoms with Gasteiger partial charge in [-0.25, -0.2) is 0 Å². The zero-order valence-corrected chi connectivity index (χ0v) is 9.87. The second-order valence-corrected chi connectivity index (χ2v) is 4.49. The number of likely N-dealkylation sites (tertiary alicyclic amines) is 1. The molecule has 2 unspecified atom stereocenters. The summed E-state index contributed by atoms with van der Waals surface area (Å²) in [5, 5.41) is 9.79. The Balaban J connectivity index is 2.48. The van der Waals surface area contributed by atoms with Gasteiger partial charge in [-0.1, -0.05) is 20.8 Å². The molecule has 2 nitrogen and oxygen atoms in total. The minimum Gasteiger partial charge on any atom is -0.393 e. The van der Waals surface area contributed by atoms with Crippen LogP contribution in [-0.4, -0.2) is 35.2 Å². The van der Waals surface area contributed by atoms with Gasteiger partial charge in [0, 0.05) is 19.1 Å². The summed E-state index contributed by atoms with van der Waals surface area (Å²) in [6, 6.07) is 0.733. The van der Waals surface area contributed by atoms with Crippen molar-refractivity contribution >= 4 is 0 Å². The Labute approximate surface area is 88.3 Å². The highest BCUT2D eigenvalue weighted by Crippen LogP contribution is 2.23. The molecule has 2 heteroatoms. The van der Waals surface area contributed by atoms with E-state index in [0.29, 0.717) is 5.92 Å². The molecule has 1 aliphatic heterocycles. The number of rotatable bonds is 4. The van der Waals surface area contributed by atoms with E-state index in [2.05, 4.69) is 25.7 Å². The number of aliphatic hydroxyl groups excluding tert-OH is 1. The molecule has 1 saturated heterocycles. The smallest absolute Gasteiger partial charge is 0.0592 e. The van der Waals surface area contributed by atoms with Gasteiger partial charge in [0.2, 0.25) is 0 Å². The van der Waals surface area contributed by atoms with Crippen LogP contribution < -0.4 is 0 Å². The highest BCUT2D eigenvalue weighted by Gasteiger charge is 2.28. The lowest BCUT2D eigenvalue weighted by molar-refractivity contribution is 0.00672. The second-order valence-electron chi connectivity index (χ2n) is 4.49. The van der Waals surface area contributed by atoms with Crippen LogP contribution in [0.3, 0.4) is 0 Å². The predicted octanol–water partition coefficient (Wildman–Crippen LogP) is 2.27. The average molecular weight is 199 g/mol. The van der Waals surface area contributed by atoms with Crippen molar-refractivity contribution in [2.24, 2.45) is 5.92 Å². The minimum absolute atomic E-state index is 0.0504. The Morgan fingerprint density at radius 3 is 2.43 bits per heavy atom. The minimum atomic E-state index is -0.0504. The van der Waals surface area contributed by atoms with Crippen LogP contribution in [0.5, 0.6) is 0 Å². The van der Waals surface area contributed by atoms with E-state index in [9.17, 15) is 5.11 Å². The van der Waals surface area contributed by atoms with E-state index >= 15 is 0 Å². The molecule has 1 rings (SSSR count). The van der Waals surface area contributed by atoms with Crippen LogP contribution in [0.1, 0.15) is 46.5 Å². The molecule has 0 amide bonds. The van der Waals surface area contributed by atoms with E-state index in [0.717, 1.165) is 32.0 Å². The highest BCUT2D eigenvalue weighted by molar-refractivity contribution is 4.82. The lowest BCUT2D eigenvalue weighted by Crippen LogP contribution is -2.47. The van der Waals surface area contributed by atoms with Gasteiger partial charge >= 0.3 is 0 Å². The van der Waals surface area contributed by atoms with Gasteiger partial charge in [-0.05, 0) is 31.6 Å². The van der Waals surface area contributed by atoms with E-state index in [1.54, 1.807) is 0 Å². The molecule has 84 valence electrons. The van der Waals surface area contributed by atoms with Crippen molar-refractivity contribution in [2.75, 3.05) is 13.1 Å². The maximum atomic E-state index is 9.79. The number of aliphatic hydroxyl groups is 1. The van der Waals surface area contributed by atoms with Crippen LogP contribution in [0.4, 0.5) is 0 Å². The van der Waals surface area contributed by atoms with Gasteiger partial charge < -0.3 is 5.11 Å². The molecule has 0 aliphatic carbocycles. The Morgan fingerprint density at radius 1 is 1.29 bits per heavy atom. The fourth-order valence-corrected chi connectivity index (χ4v) is 2.59. The molecule has 0 spiro atoms. The molecule has 0 aromatic heterocycles. The van der Waals surface area contributed by atoms with Gasteiger partial charge in [-0.2, -0.15) is 0 Å². The summed E-state index contributed by atoms with van der Waals surface area (Å²) in [4.78, 5) is 2.57. The Kier molecular flexibility index (Phi) is 4.90. The molecule has 2 atom stereocenters. The Morgan fingerprint density at radius 2 is 1.93 bits per heavy atom. The van der Waals surface area contributed by atoms with Crippen molar-refractivity contribution in [1.29, 1.82) is 0 Å². The van der Waals surface area contributed by atoms with Crippen LogP contribution >= 0.6 is 0 Å². The van der Waals surface area contributed by atoms with E-state index in [1.807, 2.05) is 0 Å². The lowest BCUT2D eigenvalue weighted by atomic mass is 9.91. The Bertz CT molecular complexity index is 154. The summed E-state index contributed by atoms with van der Waals surface area (Å²) >= 11 is 0. The normalized spacial score (nSPS) is 29.8. The highest BCUT2D eigenvalue weighted by atomic mass is 16.3. The zero-order chi connectivity index (χ0) is 10.6. The summed E-state index contributed by atoms with van der Waals surface area (Å²) < 4.78 is 0. The van der Waals surface area contributed by atoms with Crippen LogP contribution in [0.15, 0.2) is 0 Å². The quantitative estimate of drug-likeness (QED) is 0.751. The van der Waals surface area contributed by atoms with E-state index in [1.165, 1.54) is 12.8 Å². The maximum absolute atomic E-state index is 9.79. The second kappa shape index (κ2) is 5.72. The molecule has 0 aromatic rings. The summed E-state index contributed by atoms with van der Waals surface area (Å²) in [5.74, 6) is 0.504. The molecule has 1 heterocycles. The van der Waals surface area contributed by atoms with Crippen molar-refractivity contribution in [2.45, 2.75) is 58.6 Å². The van der Waals surface area contributed by atoms with Gasteiger partial charge in [-0.15, -0.1) is 0 Å². The van der Waals surface area contributed by atoms with Crippen molar-refractivity contribution in [3.8, 4) is 0 Å². The third-order valence-electron chi connectivity index (χ3n) is 3.71. The predicted molar refractivity (Wildman–Crippen MR) is 60.3 cm³/mol. The summed E-state index contributed by atoms with van der Waals surface area (Å²) in [6.07, 6.45) is 4.50. The molecule has 0 aromatic carbocycles. The molecular formula is C12H25NO. The molecule has 0 radical (unpaired) electrons. The number of piperidine rings is 1. The van der Waals surface area contributed by atoms with Gasteiger partial charge in [0.15, 0.2) is 0 Å². The van der Waals surface area contributed by atoms with Crippen molar-refractivity contribution in [3.05, 3.63) is 0 Å². The first kappa shape index (κ1) is 12.0. The molecule has 1 aliphatic rings. The molecule has 0 bridgehead atoms. The van der Waals surface area contributed by atoms with Crippen LogP contribution in [0.2, 0.25) is 0 Å². The number of hydrogen-bond acceptors (Lipinski definition) is 2. The third kappa shape index (κ3) is 2.71. The van der Waals surface area contributed by atoms with E-state index < -0.39 is 0 Å². The summed E-state index contributed by atoms with van der Waals surface area (Å²) in [5.41, 5.74) is 0. The fourth-order valence-electron chi connectivity index (χ4n) is 2.59. The van der Waals surface area contributed by atoms with Crippen molar-refractivity contribution in [3.63, 3.8) is 0 Å². The molecule has 14 heavy (non-hydrogen) atoms. The third-order valence-corrected chi connectivity index (χ3v) is 3.71. The van der Waals surface area contributed by atoms with E-state index in [-0.39, 0.29) is 6.10 Å². The van der Waals surface area contributed by atoms with Crippen molar-refractivity contribution < 1.29 is 5.11 Å². The standard InChI is InChI=1S/C12H25NO/c1-4-10-9-13(8-7-12(10)14)11(5-2)6-3/h10-12,14H,4-9H2,1-3H3. The van der Waals surface area contributed by atoms with Crippen LogP contribution in [0.25, 0.3) is 0 Å². The lowest BCUT2D eigenvalue weighted by Gasteiger charge is -2.40. The fraction of sp³-hybridized carbons (Fsp3) is 1.00. The maximum Gasteiger partial charge on any atom is 0.0592 e. The van der Waals surface area contributed by atoms with Gasteiger partial charge in [0.25, 0.3) is 0 Å². The molecule has 0 saturated carbocycles. The van der Waals surface area contributed by atoms with Gasteiger partial charge in [-0.3, -0.25) is 4.90 Å². The SMILES string of the molecule is CCC1CN(C(CC)CC)CCC1O. The molecule has 1 fully saturated rings. The average Bonchev–Trinajstić information content (AvgIpc) is 2.22. The zero-order valence-electron chi connectivity index (χ0n) is 9.87. The largest absolute Gasteiger partial charge is 0.393 e. The first-order valence-electron chi connectivity index (χ1n) is 6.14. The summed E-state index contributed by atoms with van der Waals surface area (Å²) in [6.45, 7) is 8.90. The first-order chi connectivity index (χ1) is 6.72. The number of nitrogens with zero attached hydrogens (tertiary/aromatic N) is 1. The molecular weight excluding hydrogens is 174 g/mol. The van der Waals surface area contributed by atoms with Gasteiger partial charge in [0.1, 0.15) is 0 Å². The van der Waals surface area contributed by atoms with Crippen LogP contribution in [-0.2, 0) is 0 Å². The first-order valence-corrected chi connectivity index (χ1v) is 6.14. The summed E-state index contributed by atoms with van der Waals surface area (Å²) in [7, 11) is 0. The van der Waals surface area contributed by atoms with E-state index in [4.69, 9.17) is 0 Å². The van der Waals surface area contributed by atoms with Gasteiger partial charge in [0.05, 0.1) is 6.10 Å². The topological polar surface area (TPSA) is 23.5 Å².